The average Bonchev–Trinajstić information content (AvgIpc) is 2.84. The first-order valence-electron chi connectivity index (χ1n) is 11.6. The first-order chi connectivity index (χ1) is 15.8. The van der Waals surface area contributed by atoms with Crippen LogP contribution < -0.4 is 15.0 Å². The van der Waals surface area contributed by atoms with Gasteiger partial charge in [0, 0.05) is 38.4 Å². The third kappa shape index (κ3) is 5.86. The summed E-state index contributed by atoms with van der Waals surface area (Å²) in [6, 6.07) is 12.5. The summed E-state index contributed by atoms with van der Waals surface area (Å²) in [4.78, 5) is 15.3. The number of methoxy groups -OCH3 is 1. The van der Waals surface area contributed by atoms with Gasteiger partial charge in [0.05, 0.1) is 17.6 Å². The Bertz CT molecular complexity index is 1040. The predicted molar refractivity (Wildman–Crippen MR) is 131 cm³/mol. The van der Waals surface area contributed by atoms with Gasteiger partial charge in [0.25, 0.3) is 5.91 Å². The van der Waals surface area contributed by atoms with Gasteiger partial charge in [-0.05, 0) is 68.5 Å². The standard InChI is InChI=1S/C25H35N3O4S/c1-5-27(6-2)21-9-7-20(8-10-21)18-26-25(29)23-17-22(11-12-24(23)32-4)33(30,31)28-15-13-19(3)14-16-28/h7-12,17,19H,5-6,13-16,18H2,1-4H3,(H,26,29). The van der Waals surface area contributed by atoms with Gasteiger partial charge in [-0.15, -0.1) is 0 Å². The number of ether oxygens (including phenoxy) is 1. The van der Waals surface area contributed by atoms with E-state index in [0.717, 1.165) is 37.2 Å². The van der Waals surface area contributed by atoms with Gasteiger partial charge in [-0.1, -0.05) is 19.1 Å². The van der Waals surface area contributed by atoms with Crippen LogP contribution in [0.5, 0.6) is 5.75 Å². The minimum atomic E-state index is -3.66. The number of nitrogens with zero attached hydrogens (tertiary/aromatic N) is 2. The Kier molecular flexibility index (Phi) is 8.37. The van der Waals surface area contributed by atoms with E-state index in [1.54, 1.807) is 6.07 Å². The van der Waals surface area contributed by atoms with Crippen LogP contribution in [0, 0.1) is 5.92 Å². The van der Waals surface area contributed by atoms with Crippen LogP contribution in [0.25, 0.3) is 0 Å². The molecule has 0 aromatic heterocycles. The van der Waals surface area contributed by atoms with Crippen molar-refractivity contribution in [1.82, 2.24) is 9.62 Å². The summed E-state index contributed by atoms with van der Waals surface area (Å²) in [6.45, 7) is 9.57. The molecule has 1 fully saturated rings. The molecule has 0 atom stereocenters. The zero-order valence-electron chi connectivity index (χ0n) is 20.0. The van der Waals surface area contributed by atoms with E-state index in [-0.39, 0.29) is 16.4 Å². The number of anilines is 1. The summed E-state index contributed by atoms with van der Waals surface area (Å²) in [6.07, 6.45) is 1.69. The van der Waals surface area contributed by atoms with Crippen LogP contribution in [0.3, 0.4) is 0 Å². The number of benzene rings is 2. The molecule has 1 aliphatic heterocycles. The molecule has 0 aliphatic carbocycles. The van der Waals surface area contributed by atoms with Crippen molar-refractivity contribution in [1.29, 1.82) is 0 Å². The van der Waals surface area contributed by atoms with E-state index in [4.69, 9.17) is 4.74 Å². The highest BCUT2D eigenvalue weighted by Crippen LogP contribution is 2.27. The fourth-order valence-corrected chi connectivity index (χ4v) is 5.59. The molecule has 3 rings (SSSR count). The molecule has 1 aliphatic rings. The molecular formula is C25H35N3O4S. The van der Waals surface area contributed by atoms with Crippen molar-refractivity contribution in [2.24, 2.45) is 5.92 Å². The number of hydrogen-bond donors (Lipinski definition) is 1. The maximum absolute atomic E-state index is 13.1. The third-order valence-electron chi connectivity index (χ3n) is 6.31. The van der Waals surface area contributed by atoms with Gasteiger partial charge in [0.15, 0.2) is 0 Å². The van der Waals surface area contributed by atoms with Crippen molar-refractivity contribution in [3.05, 3.63) is 53.6 Å². The Balaban J connectivity index is 1.74. The van der Waals surface area contributed by atoms with Gasteiger partial charge < -0.3 is 15.0 Å². The molecule has 0 spiro atoms. The topological polar surface area (TPSA) is 79.0 Å². The molecule has 0 radical (unpaired) electrons. The summed E-state index contributed by atoms with van der Waals surface area (Å²) in [5.74, 6) is 0.495. The lowest BCUT2D eigenvalue weighted by molar-refractivity contribution is 0.0947. The highest BCUT2D eigenvalue weighted by Gasteiger charge is 2.29. The molecule has 2 aromatic rings. The second-order valence-electron chi connectivity index (χ2n) is 8.47. The van der Waals surface area contributed by atoms with Crippen molar-refractivity contribution in [2.75, 3.05) is 38.2 Å². The first kappa shape index (κ1) is 25.1. The smallest absolute Gasteiger partial charge is 0.255 e. The van der Waals surface area contributed by atoms with Crippen LogP contribution in [0.15, 0.2) is 47.4 Å². The predicted octanol–water partition coefficient (Wildman–Crippen LogP) is 3.89. The van der Waals surface area contributed by atoms with Crippen LogP contribution >= 0.6 is 0 Å². The molecule has 2 aromatic carbocycles. The normalized spacial score (nSPS) is 15.3. The molecule has 0 saturated carbocycles. The van der Waals surface area contributed by atoms with Crippen molar-refractivity contribution in [2.45, 2.75) is 45.1 Å². The maximum atomic E-state index is 13.1. The van der Waals surface area contributed by atoms with Gasteiger partial charge in [0.2, 0.25) is 10.0 Å². The molecule has 1 saturated heterocycles. The lowest BCUT2D eigenvalue weighted by Gasteiger charge is -2.29. The number of amides is 1. The van der Waals surface area contributed by atoms with Crippen LogP contribution in [0.1, 0.15) is 49.5 Å². The van der Waals surface area contributed by atoms with E-state index < -0.39 is 10.0 Å². The van der Waals surface area contributed by atoms with Gasteiger partial charge in [0.1, 0.15) is 5.75 Å². The summed E-state index contributed by atoms with van der Waals surface area (Å²) < 4.78 is 33.1. The van der Waals surface area contributed by atoms with E-state index in [9.17, 15) is 13.2 Å². The SMILES string of the molecule is CCN(CC)c1ccc(CNC(=O)c2cc(S(=O)(=O)N3CCC(C)CC3)ccc2OC)cc1. The Hall–Kier alpha value is -2.58. The van der Waals surface area contributed by atoms with Crippen LogP contribution in [-0.2, 0) is 16.6 Å². The number of rotatable bonds is 9. The van der Waals surface area contributed by atoms with Crippen LogP contribution in [-0.4, -0.2) is 51.9 Å². The van der Waals surface area contributed by atoms with Gasteiger partial charge in [-0.2, -0.15) is 4.31 Å². The summed E-state index contributed by atoms with van der Waals surface area (Å²) in [7, 11) is -2.19. The largest absolute Gasteiger partial charge is 0.496 e. The first-order valence-corrected chi connectivity index (χ1v) is 13.0. The zero-order valence-corrected chi connectivity index (χ0v) is 20.8. The second kappa shape index (κ2) is 11.0. The molecule has 1 amide bonds. The fraction of sp³-hybridized carbons (Fsp3) is 0.480. The molecule has 0 bridgehead atoms. The van der Waals surface area contributed by atoms with Gasteiger partial charge in [-0.3, -0.25) is 4.79 Å². The van der Waals surface area contributed by atoms with E-state index in [1.807, 2.05) is 24.3 Å². The number of piperidine rings is 1. The zero-order chi connectivity index (χ0) is 24.0. The second-order valence-corrected chi connectivity index (χ2v) is 10.4. The van der Waals surface area contributed by atoms with E-state index in [2.05, 4.69) is 31.0 Å². The molecular weight excluding hydrogens is 438 g/mol. The van der Waals surface area contributed by atoms with E-state index >= 15 is 0 Å². The minimum absolute atomic E-state index is 0.117. The number of sulfonamides is 1. The monoisotopic (exact) mass is 473 g/mol. The quantitative estimate of drug-likeness (QED) is 0.598. The highest BCUT2D eigenvalue weighted by atomic mass is 32.2. The highest BCUT2D eigenvalue weighted by molar-refractivity contribution is 7.89. The van der Waals surface area contributed by atoms with Gasteiger partial charge in [-0.25, -0.2) is 8.42 Å². The number of carbonyl (C=O) groups excluding carboxylic acids is 1. The molecule has 1 N–H and O–H groups in total. The van der Waals surface area contributed by atoms with Gasteiger partial charge >= 0.3 is 0 Å². The molecule has 8 heteroatoms. The Morgan fingerprint density at radius 3 is 2.30 bits per heavy atom. The van der Waals surface area contributed by atoms with Crippen LogP contribution in [0.4, 0.5) is 5.69 Å². The van der Waals surface area contributed by atoms with E-state index in [1.165, 1.54) is 23.5 Å². The van der Waals surface area contributed by atoms with E-state index in [0.29, 0.717) is 31.3 Å². The molecule has 0 unspecified atom stereocenters. The summed E-state index contributed by atoms with van der Waals surface area (Å²) >= 11 is 0. The molecule has 7 nitrogen and oxygen atoms in total. The Morgan fingerprint density at radius 2 is 1.73 bits per heavy atom. The lowest BCUT2D eigenvalue weighted by Crippen LogP contribution is -2.38. The van der Waals surface area contributed by atoms with Crippen molar-refractivity contribution in [3.8, 4) is 5.75 Å². The molecule has 1 heterocycles. The Morgan fingerprint density at radius 1 is 1.09 bits per heavy atom. The molecule has 33 heavy (non-hydrogen) atoms. The third-order valence-corrected chi connectivity index (χ3v) is 8.21. The Labute approximate surface area is 197 Å². The molecule has 180 valence electrons. The number of nitrogens with one attached hydrogen (secondary N) is 1. The fourth-order valence-electron chi connectivity index (χ4n) is 4.09. The van der Waals surface area contributed by atoms with Crippen LogP contribution in [0.2, 0.25) is 0 Å². The summed E-state index contributed by atoms with van der Waals surface area (Å²) in [5, 5.41) is 2.89. The van der Waals surface area contributed by atoms with Crippen molar-refractivity contribution >= 4 is 21.6 Å². The number of carbonyl (C=O) groups is 1. The average molecular weight is 474 g/mol. The lowest BCUT2D eigenvalue weighted by atomic mass is 10.0. The van der Waals surface area contributed by atoms with Crippen molar-refractivity contribution < 1.29 is 17.9 Å². The number of hydrogen-bond acceptors (Lipinski definition) is 5. The van der Waals surface area contributed by atoms with Crippen molar-refractivity contribution in [3.63, 3.8) is 0 Å². The summed E-state index contributed by atoms with van der Waals surface area (Å²) in [5.41, 5.74) is 2.31. The minimum Gasteiger partial charge on any atom is -0.496 e. The maximum Gasteiger partial charge on any atom is 0.255 e.